The molecule has 1 aliphatic heterocycles. The van der Waals surface area contributed by atoms with Gasteiger partial charge in [0.15, 0.2) is 5.82 Å². The molecule has 9 heteroatoms. The highest BCUT2D eigenvalue weighted by Crippen LogP contribution is 2.31. The van der Waals surface area contributed by atoms with E-state index in [-0.39, 0.29) is 12.0 Å². The van der Waals surface area contributed by atoms with E-state index < -0.39 is 5.82 Å². The summed E-state index contributed by atoms with van der Waals surface area (Å²) < 4.78 is 26.6. The van der Waals surface area contributed by atoms with Gasteiger partial charge in [-0.05, 0) is 45.7 Å². The number of methoxy groups -OCH3 is 1. The Kier molecular flexibility index (Phi) is 7.23. The number of anilines is 1. The lowest BCUT2D eigenvalue weighted by atomic mass is 10.1. The summed E-state index contributed by atoms with van der Waals surface area (Å²) in [7, 11) is 1.74. The first-order chi connectivity index (χ1) is 14.3. The molecule has 2 N–H and O–H groups in total. The van der Waals surface area contributed by atoms with Crippen LogP contribution in [0.15, 0.2) is 18.3 Å². The second-order valence-electron chi connectivity index (χ2n) is 7.45. The van der Waals surface area contributed by atoms with E-state index in [9.17, 15) is 4.39 Å². The zero-order valence-corrected chi connectivity index (χ0v) is 18.4. The van der Waals surface area contributed by atoms with Gasteiger partial charge in [0.05, 0.1) is 35.1 Å². The Bertz CT molecular complexity index is 1020. The SMILES string of the molecule is COC1CCCOC1.Cc1nc2c(F)cc(-c3nc(N)ncc3Cl)cc2n1C(C)C. The van der Waals surface area contributed by atoms with Gasteiger partial charge in [-0.15, -0.1) is 0 Å². The molecule has 0 aliphatic carbocycles. The Hall–Kier alpha value is -2.29. The third kappa shape index (κ3) is 4.88. The molecule has 1 unspecified atom stereocenters. The van der Waals surface area contributed by atoms with E-state index in [4.69, 9.17) is 26.8 Å². The average Bonchev–Trinajstić information content (AvgIpc) is 3.07. The second kappa shape index (κ2) is 9.68. The maximum atomic E-state index is 14.4. The van der Waals surface area contributed by atoms with Crippen molar-refractivity contribution in [3.05, 3.63) is 35.0 Å². The van der Waals surface area contributed by atoms with Gasteiger partial charge < -0.3 is 19.8 Å². The van der Waals surface area contributed by atoms with E-state index >= 15 is 0 Å². The molecule has 0 radical (unpaired) electrons. The van der Waals surface area contributed by atoms with Crippen LogP contribution in [0.5, 0.6) is 0 Å². The minimum atomic E-state index is -0.414. The molecule has 0 amide bonds. The van der Waals surface area contributed by atoms with Gasteiger partial charge in [-0.1, -0.05) is 11.6 Å². The number of nitrogens with two attached hydrogens (primary N) is 1. The molecule has 1 fully saturated rings. The van der Waals surface area contributed by atoms with Gasteiger partial charge in [0.25, 0.3) is 0 Å². The van der Waals surface area contributed by atoms with Crippen molar-refractivity contribution in [2.45, 2.75) is 45.8 Å². The molecular formula is C21H27ClFN5O2. The van der Waals surface area contributed by atoms with E-state index in [1.54, 1.807) is 7.11 Å². The van der Waals surface area contributed by atoms with Crippen LogP contribution in [0.25, 0.3) is 22.3 Å². The number of imidazole rings is 1. The van der Waals surface area contributed by atoms with E-state index in [0.29, 0.717) is 33.4 Å². The smallest absolute Gasteiger partial charge is 0.220 e. The number of hydrogen-bond donors (Lipinski definition) is 1. The number of hydrogen-bond acceptors (Lipinski definition) is 6. The van der Waals surface area contributed by atoms with Crippen molar-refractivity contribution < 1.29 is 13.9 Å². The zero-order chi connectivity index (χ0) is 21.8. The van der Waals surface area contributed by atoms with Crippen molar-refractivity contribution in [1.82, 2.24) is 19.5 Å². The normalized spacial score (nSPS) is 16.6. The maximum Gasteiger partial charge on any atom is 0.220 e. The molecule has 0 bridgehead atoms. The Balaban J connectivity index is 0.000000269. The lowest BCUT2D eigenvalue weighted by Crippen LogP contribution is -2.23. The first-order valence-corrected chi connectivity index (χ1v) is 10.3. The van der Waals surface area contributed by atoms with Gasteiger partial charge in [-0.2, -0.15) is 0 Å². The van der Waals surface area contributed by atoms with Crippen LogP contribution < -0.4 is 5.73 Å². The Morgan fingerprint density at radius 3 is 2.70 bits per heavy atom. The van der Waals surface area contributed by atoms with Crippen molar-refractivity contribution in [2.75, 3.05) is 26.1 Å². The number of benzene rings is 1. The lowest BCUT2D eigenvalue weighted by molar-refractivity contribution is -0.0291. The molecule has 1 aliphatic rings. The fourth-order valence-corrected chi connectivity index (χ4v) is 3.74. The number of fused-ring (bicyclic) bond motifs is 1. The van der Waals surface area contributed by atoms with Crippen molar-refractivity contribution in [3.63, 3.8) is 0 Å². The van der Waals surface area contributed by atoms with Gasteiger partial charge in [-0.25, -0.2) is 19.3 Å². The van der Waals surface area contributed by atoms with Crippen molar-refractivity contribution in [2.24, 2.45) is 0 Å². The summed E-state index contributed by atoms with van der Waals surface area (Å²) in [6, 6.07) is 3.35. The number of nitrogen functional groups attached to an aromatic ring is 1. The van der Waals surface area contributed by atoms with Crippen LogP contribution in [0.4, 0.5) is 10.3 Å². The molecule has 1 atom stereocenters. The van der Waals surface area contributed by atoms with E-state index in [2.05, 4.69) is 15.0 Å². The van der Waals surface area contributed by atoms with Crippen LogP contribution in [-0.4, -0.2) is 45.9 Å². The van der Waals surface area contributed by atoms with Crippen LogP contribution >= 0.6 is 11.6 Å². The van der Waals surface area contributed by atoms with E-state index in [1.165, 1.54) is 12.3 Å². The highest BCUT2D eigenvalue weighted by molar-refractivity contribution is 6.33. The summed E-state index contributed by atoms with van der Waals surface area (Å²) in [4.78, 5) is 12.2. The van der Waals surface area contributed by atoms with Crippen LogP contribution in [0, 0.1) is 12.7 Å². The number of halogens is 2. The Morgan fingerprint density at radius 1 is 1.33 bits per heavy atom. The van der Waals surface area contributed by atoms with Crippen LogP contribution in [0.1, 0.15) is 38.6 Å². The van der Waals surface area contributed by atoms with Gasteiger partial charge in [-0.3, -0.25) is 0 Å². The van der Waals surface area contributed by atoms with Gasteiger partial charge in [0, 0.05) is 25.3 Å². The quantitative estimate of drug-likeness (QED) is 0.648. The Labute approximate surface area is 180 Å². The van der Waals surface area contributed by atoms with Gasteiger partial charge in [0.1, 0.15) is 11.3 Å². The molecule has 30 heavy (non-hydrogen) atoms. The molecule has 0 saturated carbocycles. The molecule has 162 valence electrons. The standard InChI is InChI=1S/C15H15ClFN5.C6H12O2/c1-7(2)22-8(3)20-14-11(17)4-9(5-12(14)22)13-10(16)6-19-15(18)21-13;1-7-6-3-2-4-8-5-6/h4-7H,1-3H3,(H2,18,19,21);6H,2-5H2,1H3. The van der Waals surface area contributed by atoms with E-state index in [1.807, 2.05) is 31.4 Å². The van der Waals surface area contributed by atoms with Crippen molar-refractivity contribution in [1.29, 1.82) is 0 Å². The molecular weight excluding hydrogens is 409 g/mol. The molecule has 3 heterocycles. The minimum absolute atomic E-state index is 0.0912. The average molecular weight is 436 g/mol. The number of nitrogens with zero attached hydrogens (tertiary/aromatic N) is 4. The van der Waals surface area contributed by atoms with Crippen LogP contribution in [-0.2, 0) is 9.47 Å². The summed E-state index contributed by atoms with van der Waals surface area (Å²) in [5.41, 5.74) is 7.60. The summed E-state index contributed by atoms with van der Waals surface area (Å²) in [5, 5.41) is 0.320. The van der Waals surface area contributed by atoms with Gasteiger partial charge in [0.2, 0.25) is 5.95 Å². The maximum absolute atomic E-state index is 14.4. The summed E-state index contributed by atoms with van der Waals surface area (Å²) in [6.45, 7) is 7.60. The fourth-order valence-electron chi connectivity index (χ4n) is 3.54. The summed E-state index contributed by atoms with van der Waals surface area (Å²) in [6.07, 6.45) is 4.09. The molecule has 2 aromatic heterocycles. The molecule has 1 saturated heterocycles. The van der Waals surface area contributed by atoms with Crippen LogP contribution in [0.3, 0.4) is 0 Å². The molecule has 7 nitrogen and oxygen atoms in total. The monoisotopic (exact) mass is 435 g/mol. The molecule has 0 spiro atoms. The Morgan fingerprint density at radius 2 is 2.10 bits per heavy atom. The van der Waals surface area contributed by atoms with Crippen molar-refractivity contribution >= 4 is 28.6 Å². The third-order valence-electron chi connectivity index (χ3n) is 4.93. The first kappa shape index (κ1) is 22.4. The van der Waals surface area contributed by atoms with Gasteiger partial charge >= 0.3 is 0 Å². The number of rotatable bonds is 3. The molecule has 4 rings (SSSR count). The zero-order valence-electron chi connectivity index (χ0n) is 17.7. The summed E-state index contributed by atoms with van der Waals surface area (Å²) >= 11 is 6.12. The van der Waals surface area contributed by atoms with Crippen LogP contribution in [0.2, 0.25) is 5.02 Å². The third-order valence-corrected chi connectivity index (χ3v) is 5.21. The number of ether oxygens (including phenoxy) is 2. The predicted octanol–water partition coefficient (Wildman–Crippen LogP) is 4.57. The predicted molar refractivity (Wildman–Crippen MR) is 116 cm³/mol. The highest BCUT2D eigenvalue weighted by atomic mass is 35.5. The topological polar surface area (TPSA) is 88.1 Å². The second-order valence-corrected chi connectivity index (χ2v) is 7.86. The largest absolute Gasteiger partial charge is 0.379 e. The minimum Gasteiger partial charge on any atom is -0.379 e. The number of aromatic nitrogens is 4. The lowest BCUT2D eigenvalue weighted by Gasteiger charge is -2.19. The highest BCUT2D eigenvalue weighted by Gasteiger charge is 2.17. The van der Waals surface area contributed by atoms with Crippen molar-refractivity contribution in [3.8, 4) is 11.3 Å². The molecule has 3 aromatic rings. The number of aryl methyl sites for hydroxylation is 1. The first-order valence-electron chi connectivity index (χ1n) is 9.88. The molecule has 1 aromatic carbocycles. The van der Waals surface area contributed by atoms with E-state index in [0.717, 1.165) is 31.9 Å². The fraction of sp³-hybridized carbons (Fsp3) is 0.476. The summed E-state index contributed by atoms with van der Waals surface area (Å²) in [5.74, 6) is 0.436.